The topological polar surface area (TPSA) is 147 Å². The molecular weight excluding hydrogens is 426 g/mol. The second-order valence-electron chi connectivity index (χ2n) is 6.65. The predicted octanol–water partition coefficient (Wildman–Crippen LogP) is 1.83. The molecule has 0 saturated carbocycles. The van der Waals surface area contributed by atoms with Crippen molar-refractivity contribution in [1.29, 1.82) is 0 Å². The average Bonchev–Trinajstić information content (AvgIpc) is 2.69. The highest BCUT2D eigenvalue weighted by atomic mass is 31.2. The molecule has 1 atom stereocenters. The highest BCUT2D eigenvalue weighted by molar-refractivity contribution is 7.39. The molecule has 0 aliphatic rings. The summed E-state index contributed by atoms with van der Waals surface area (Å²) in [5.74, 6) is 0. The molecular formula is C17H38O10P2. The fourth-order valence-corrected chi connectivity index (χ4v) is 3.24. The molecule has 0 aromatic heterocycles. The van der Waals surface area contributed by atoms with Crippen LogP contribution >= 0.6 is 17.2 Å². The molecule has 0 saturated heterocycles. The first kappa shape index (κ1) is 29.5. The minimum atomic E-state index is -2.66. The molecule has 0 spiro atoms. The lowest BCUT2D eigenvalue weighted by molar-refractivity contribution is -0.123. The molecule has 29 heavy (non-hydrogen) atoms. The highest BCUT2D eigenvalue weighted by Gasteiger charge is 2.41. The summed E-state index contributed by atoms with van der Waals surface area (Å²) in [6.45, 7) is 5.20. The quantitative estimate of drug-likeness (QED) is 0.126. The average molecular weight is 464 g/mol. The van der Waals surface area contributed by atoms with Gasteiger partial charge < -0.3 is 47.9 Å². The summed E-state index contributed by atoms with van der Waals surface area (Å²) in [4.78, 5) is 36.5. The lowest BCUT2D eigenvalue weighted by Crippen LogP contribution is -2.48. The minimum absolute atomic E-state index is 0.241. The van der Waals surface area contributed by atoms with Crippen molar-refractivity contribution < 1.29 is 47.9 Å². The third-order valence-corrected chi connectivity index (χ3v) is 5.01. The lowest BCUT2D eigenvalue weighted by Gasteiger charge is -2.38. The molecule has 12 heteroatoms. The third kappa shape index (κ3) is 15.0. The van der Waals surface area contributed by atoms with Gasteiger partial charge in [-0.3, -0.25) is 0 Å². The molecule has 0 aliphatic heterocycles. The van der Waals surface area contributed by atoms with Crippen LogP contribution in [0.25, 0.3) is 0 Å². The van der Waals surface area contributed by atoms with Gasteiger partial charge in [0.2, 0.25) is 0 Å². The Morgan fingerprint density at radius 3 is 1.72 bits per heavy atom. The zero-order chi connectivity index (χ0) is 22.0. The van der Waals surface area contributed by atoms with E-state index in [0.29, 0.717) is 32.8 Å². The molecule has 0 radical (unpaired) electrons. The van der Waals surface area contributed by atoms with Gasteiger partial charge >= 0.3 is 17.2 Å². The molecule has 0 aromatic carbocycles. The van der Waals surface area contributed by atoms with E-state index < -0.39 is 35.3 Å². The van der Waals surface area contributed by atoms with Gasteiger partial charge in [0.05, 0.1) is 44.6 Å². The number of ether oxygens (including phenoxy) is 3. The Bertz CT molecular complexity index is 351. The number of aliphatic hydroxyl groups is 1. The minimum Gasteiger partial charge on any atom is -0.396 e. The summed E-state index contributed by atoms with van der Waals surface area (Å²) in [6, 6.07) is 0. The van der Waals surface area contributed by atoms with E-state index in [0.717, 1.165) is 25.7 Å². The van der Waals surface area contributed by atoms with Crippen molar-refractivity contribution in [3.63, 3.8) is 0 Å². The van der Waals surface area contributed by atoms with Gasteiger partial charge in [0.1, 0.15) is 0 Å². The van der Waals surface area contributed by atoms with Gasteiger partial charge in [0.15, 0.2) is 0 Å². The van der Waals surface area contributed by atoms with Gasteiger partial charge in [-0.15, -0.1) is 0 Å². The lowest BCUT2D eigenvalue weighted by atomic mass is 9.82. The molecule has 5 N–H and O–H groups in total. The SMILES string of the molecule is CCCCOCCOC(CCOCCCC)C(CO)(COP(O)O)COP(O)O. The van der Waals surface area contributed by atoms with Gasteiger partial charge in [0, 0.05) is 19.8 Å². The van der Waals surface area contributed by atoms with Crippen LogP contribution in [-0.4, -0.2) is 83.6 Å². The number of hydrogen-bond acceptors (Lipinski definition) is 10. The van der Waals surface area contributed by atoms with Crippen LogP contribution in [0.15, 0.2) is 0 Å². The van der Waals surface area contributed by atoms with Crippen molar-refractivity contribution >= 4 is 17.2 Å². The van der Waals surface area contributed by atoms with Crippen molar-refractivity contribution in [3.8, 4) is 0 Å². The van der Waals surface area contributed by atoms with Crippen LogP contribution in [0, 0.1) is 5.41 Å². The van der Waals surface area contributed by atoms with Crippen LogP contribution < -0.4 is 0 Å². The number of unbranched alkanes of at least 4 members (excludes halogenated alkanes) is 2. The van der Waals surface area contributed by atoms with Crippen molar-refractivity contribution in [2.24, 2.45) is 5.41 Å². The maximum atomic E-state index is 10.1. The van der Waals surface area contributed by atoms with E-state index in [-0.39, 0.29) is 19.8 Å². The zero-order valence-electron chi connectivity index (χ0n) is 17.4. The first-order valence-electron chi connectivity index (χ1n) is 9.91. The Kier molecular flexibility index (Phi) is 19.5. The van der Waals surface area contributed by atoms with Crippen molar-refractivity contribution in [3.05, 3.63) is 0 Å². The van der Waals surface area contributed by atoms with E-state index in [1.165, 1.54) is 0 Å². The van der Waals surface area contributed by atoms with Crippen LogP contribution in [0.2, 0.25) is 0 Å². The smallest absolute Gasteiger partial charge is 0.327 e. The second kappa shape index (κ2) is 19.2. The van der Waals surface area contributed by atoms with Crippen LogP contribution in [0.3, 0.4) is 0 Å². The van der Waals surface area contributed by atoms with Gasteiger partial charge in [-0.2, -0.15) is 0 Å². The Hall–Kier alpha value is 0.460. The number of hydrogen-bond donors (Lipinski definition) is 5. The second-order valence-corrected chi connectivity index (χ2v) is 8.18. The van der Waals surface area contributed by atoms with Crippen LogP contribution in [0.1, 0.15) is 46.0 Å². The fraction of sp³-hybridized carbons (Fsp3) is 1.00. The van der Waals surface area contributed by atoms with Crippen molar-refractivity contribution in [2.45, 2.75) is 52.1 Å². The van der Waals surface area contributed by atoms with Gasteiger partial charge in [0.25, 0.3) is 0 Å². The highest BCUT2D eigenvalue weighted by Crippen LogP contribution is 2.37. The van der Waals surface area contributed by atoms with E-state index in [1.54, 1.807) is 0 Å². The maximum absolute atomic E-state index is 10.1. The van der Waals surface area contributed by atoms with Gasteiger partial charge in [-0.1, -0.05) is 26.7 Å². The molecule has 0 bridgehead atoms. The first-order valence-corrected chi connectivity index (χ1v) is 12.2. The standard InChI is InChI=1S/C17H38O10P2/c1-3-5-8-23-10-7-16(25-12-11-24-9-6-4-2)17(13-18,14-26-28(19)20)15-27-29(21)22/h16,18-22H,3-15H2,1-2H3. The van der Waals surface area contributed by atoms with Gasteiger partial charge in [-0.05, 0) is 19.3 Å². The van der Waals surface area contributed by atoms with E-state index in [4.69, 9.17) is 42.8 Å². The summed E-state index contributed by atoms with van der Waals surface area (Å²) in [6.07, 6.45) is 3.61. The molecule has 0 heterocycles. The van der Waals surface area contributed by atoms with E-state index in [2.05, 4.69) is 13.8 Å². The Morgan fingerprint density at radius 2 is 1.28 bits per heavy atom. The molecule has 1 unspecified atom stereocenters. The molecule has 0 rings (SSSR count). The molecule has 0 aliphatic carbocycles. The maximum Gasteiger partial charge on any atom is 0.327 e. The van der Waals surface area contributed by atoms with Gasteiger partial charge in [-0.25, -0.2) is 0 Å². The Morgan fingerprint density at radius 1 is 0.759 bits per heavy atom. The van der Waals surface area contributed by atoms with Crippen molar-refractivity contribution in [1.82, 2.24) is 0 Å². The summed E-state index contributed by atoms with van der Waals surface area (Å²) < 4.78 is 26.9. The summed E-state index contributed by atoms with van der Waals surface area (Å²) >= 11 is 0. The first-order chi connectivity index (χ1) is 13.9. The predicted molar refractivity (Wildman–Crippen MR) is 110 cm³/mol. The largest absolute Gasteiger partial charge is 0.396 e. The Balaban J connectivity index is 5.04. The molecule has 0 aromatic rings. The zero-order valence-corrected chi connectivity index (χ0v) is 19.2. The normalized spacial score (nSPS) is 13.6. The van der Waals surface area contributed by atoms with Crippen molar-refractivity contribution in [2.75, 3.05) is 52.9 Å². The molecule has 0 fully saturated rings. The van der Waals surface area contributed by atoms with Crippen LogP contribution in [-0.2, 0) is 23.3 Å². The summed E-state index contributed by atoms with van der Waals surface area (Å²) in [7, 11) is -5.33. The number of rotatable bonds is 21. The van der Waals surface area contributed by atoms with Crippen LogP contribution in [0.5, 0.6) is 0 Å². The number of aliphatic hydroxyl groups excluding tert-OH is 1. The summed E-state index contributed by atoms with van der Waals surface area (Å²) in [5.41, 5.74) is -1.24. The van der Waals surface area contributed by atoms with E-state index in [1.807, 2.05) is 0 Å². The molecule has 0 amide bonds. The third-order valence-electron chi connectivity index (χ3n) is 4.29. The molecule has 10 nitrogen and oxygen atoms in total. The fourth-order valence-electron chi connectivity index (χ4n) is 2.50. The Labute approximate surface area is 176 Å². The van der Waals surface area contributed by atoms with E-state index in [9.17, 15) is 5.11 Å². The van der Waals surface area contributed by atoms with Crippen LogP contribution in [0.4, 0.5) is 0 Å². The monoisotopic (exact) mass is 464 g/mol. The molecule has 176 valence electrons. The van der Waals surface area contributed by atoms with E-state index >= 15 is 0 Å². The summed E-state index contributed by atoms with van der Waals surface area (Å²) in [5, 5.41) is 10.1.